The van der Waals surface area contributed by atoms with Crippen molar-refractivity contribution in [2.24, 2.45) is 7.05 Å². The van der Waals surface area contributed by atoms with Crippen molar-refractivity contribution in [2.75, 3.05) is 0 Å². The third kappa shape index (κ3) is 2.74. The largest absolute Gasteiger partial charge is 0.458 e. The Labute approximate surface area is 164 Å². The molecule has 2 aromatic carbocycles. The molecule has 0 aliphatic heterocycles. The van der Waals surface area contributed by atoms with Crippen LogP contribution in [-0.2, 0) is 13.7 Å². The smallest absolute Gasteiger partial charge is 0.305 e. The number of hydrogen-bond donors (Lipinski definition) is 0. The van der Waals surface area contributed by atoms with Gasteiger partial charge < -0.3 is 4.74 Å². The average Bonchev–Trinajstić information content (AvgIpc) is 3.29. The second-order valence-electron chi connectivity index (χ2n) is 6.22. The molecule has 0 saturated heterocycles. The Morgan fingerprint density at radius 2 is 1.89 bits per heavy atom. The summed E-state index contributed by atoms with van der Waals surface area (Å²) in [5, 5.41) is 13.3. The number of ether oxygens (including phenoxy) is 1. The Balaban J connectivity index is 1.56. The van der Waals surface area contributed by atoms with Gasteiger partial charge in [-0.3, -0.25) is 0 Å². The lowest BCUT2D eigenvalue weighted by atomic mass is 10.2. The van der Waals surface area contributed by atoms with Crippen LogP contribution in [0.15, 0.2) is 54.6 Å². The Kier molecular flexibility index (Phi) is 3.91. The number of imidazole rings is 1. The van der Waals surface area contributed by atoms with E-state index in [2.05, 4.69) is 25.5 Å². The van der Waals surface area contributed by atoms with Crippen molar-refractivity contribution in [3.63, 3.8) is 0 Å². The molecule has 0 spiro atoms. The van der Waals surface area contributed by atoms with Crippen LogP contribution in [0.25, 0.3) is 27.9 Å². The summed E-state index contributed by atoms with van der Waals surface area (Å²) in [7, 11) is 1.75. The van der Waals surface area contributed by atoms with Crippen LogP contribution in [-0.4, -0.2) is 34.7 Å². The monoisotopic (exact) mass is 391 g/mol. The normalized spacial score (nSPS) is 11.4. The molecule has 0 atom stereocenters. The second-order valence-corrected chi connectivity index (χ2v) is 6.63. The average molecular weight is 392 g/mol. The molecule has 138 valence electrons. The second kappa shape index (κ2) is 6.58. The molecule has 9 heteroatoms. The predicted molar refractivity (Wildman–Crippen MR) is 105 cm³/mol. The molecular formula is C19H14ClN7O. The minimum absolute atomic E-state index is 0.247. The van der Waals surface area contributed by atoms with Gasteiger partial charge in [-0.25, -0.2) is 14.2 Å². The molecule has 0 aliphatic rings. The number of benzene rings is 2. The van der Waals surface area contributed by atoms with Gasteiger partial charge in [-0.2, -0.15) is 4.98 Å². The summed E-state index contributed by atoms with van der Waals surface area (Å²) in [5.41, 5.74) is 3.08. The summed E-state index contributed by atoms with van der Waals surface area (Å²) in [6.07, 6.45) is 0. The lowest BCUT2D eigenvalue weighted by molar-refractivity contribution is 0.272. The van der Waals surface area contributed by atoms with Crippen molar-refractivity contribution in [3.05, 3.63) is 65.3 Å². The van der Waals surface area contributed by atoms with E-state index in [1.54, 1.807) is 22.4 Å². The van der Waals surface area contributed by atoms with Gasteiger partial charge in [-0.05, 0) is 34.7 Å². The van der Waals surface area contributed by atoms with E-state index in [0.29, 0.717) is 22.5 Å². The van der Waals surface area contributed by atoms with Crippen molar-refractivity contribution < 1.29 is 4.74 Å². The van der Waals surface area contributed by atoms with E-state index < -0.39 is 0 Å². The van der Waals surface area contributed by atoms with Crippen molar-refractivity contribution >= 4 is 33.5 Å². The molecule has 5 rings (SSSR count). The number of para-hydroxylation sites is 2. The Morgan fingerprint density at radius 3 is 2.75 bits per heavy atom. The first-order chi connectivity index (χ1) is 13.7. The quantitative estimate of drug-likeness (QED) is 0.467. The molecule has 0 N–H and O–H groups in total. The first-order valence-corrected chi connectivity index (χ1v) is 8.96. The van der Waals surface area contributed by atoms with Gasteiger partial charge in [0.05, 0.1) is 21.7 Å². The molecule has 28 heavy (non-hydrogen) atoms. The fraction of sp³-hybridized carbons (Fsp3) is 0.105. The van der Waals surface area contributed by atoms with Gasteiger partial charge in [0, 0.05) is 12.4 Å². The lowest BCUT2D eigenvalue weighted by Crippen LogP contribution is -2.08. The molecule has 3 heterocycles. The third-order valence-corrected chi connectivity index (χ3v) is 4.71. The zero-order chi connectivity index (χ0) is 19.1. The first kappa shape index (κ1) is 16.6. The molecule has 0 aliphatic carbocycles. The zero-order valence-corrected chi connectivity index (χ0v) is 15.6. The Hall–Kier alpha value is -3.52. The number of hydrogen-bond acceptors (Lipinski definition) is 6. The number of halogens is 1. The van der Waals surface area contributed by atoms with Crippen LogP contribution in [0.4, 0.5) is 0 Å². The van der Waals surface area contributed by atoms with E-state index >= 15 is 0 Å². The van der Waals surface area contributed by atoms with Gasteiger partial charge in [-0.15, -0.1) is 0 Å². The highest BCUT2D eigenvalue weighted by Crippen LogP contribution is 2.29. The maximum atomic E-state index is 6.32. The molecule has 0 radical (unpaired) electrons. The molecule has 8 nitrogen and oxygen atoms in total. The lowest BCUT2D eigenvalue weighted by Gasteiger charge is -2.08. The predicted octanol–water partition coefficient (Wildman–Crippen LogP) is 3.33. The summed E-state index contributed by atoms with van der Waals surface area (Å²) in [4.78, 5) is 9.20. The number of nitrogens with zero attached hydrogens (tertiary/aromatic N) is 7. The standard InChI is InChI=1S/C19H14ClN7O/c1-26-18(23-24-25-26)27-16-8-4-6-14(20)17(16)22-19(27)28-11-13-10-9-12-5-2-3-7-15(12)21-13/h2-10H,11H2,1H3. The molecule has 0 saturated carbocycles. The van der Waals surface area contributed by atoms with E-state index in [0.717, 1.165) is 22.1 Å². The highest BCUT2D eigenvalue weighted by Gasteiger charge is 2.19. The fourth-order valence-corrected chi connectivity index (χ4v) is 3.29. The number of tetrazole rings is 1. The summed E-state index contributed by atoms with van der Waals surface area (Å²) in [6, 6.07) is 17.8. The van der Waals surface area contributed by atoms with Crippen molar-refractivity contribution in [1.82, 2.24) is 34.7 Å². The summed E-state index contributed by atoms with van der Waals surface area (Å²) in [5.74, 6) is 0.478. The number of fused-ring (bicyclic) bond motifs is 2. The third-order valence-electron chi connectivity index (χ3n) is 4.41. The highest BCUT2D eigenvalue weighted by atomic mass is 35.5. The maximum Gasteiger partial charge on any atom is 0.305 e. The number of rotatable bonds is 4. The van der Waals surface area contributed by atoms with E-state index in [1.165, 1.54) is 0 Å². The van der Waals surface area contributed by atoms with Crippen LogP contribution in [0.2, 0.25) is 5.02 Å². The van der Waals surface area contributed by atoms with Crippen LogP contribution in [0, 0.1) is 0 Å². The van der Waals surface area contributed by atoms with Gasteiger partial charge in [0.2, 0.25) is 0 Å². The Bertz CT molecular complexity index is 1310. The highest BCUT2D eigenvalue weighted by molar-refractivity contribution is 6.35. The van der Waals surface area contributed by atoms with Crippen LogP contribution in [0.1, 0.15) is 5.69 Å². The molecular weight excluding hydrogens is 378 g/mol. The van der Waals surface area contributed by atoms with Crippen molar-refractivity contribution in [1.29, 1.82) is 0 Å². The van der Waals surface area contributed by atoms with E-state index in [1.807, 2.05) is 48.5 Å². The van der Waals surface area contributed by atoms with Crippen LogP contribution >= 0.6 is 11.6 Å². The number of aryl methyl sites for hydroxylation is 1. The van der Waals surface area contributed by atoms with E-state index in [-0.39, 0.29) is 6.61 Å². The topological polar surface area (TPSA) is 83.5 Å². The first-order valence-electron chi connectivity index (χ1n) is 8.58. The van der Waals surface area contributed by atoms with Crippen LogP contribution < -0.4 is 4.74 Å². The molecule has 0 amide bonds. The molecule has 3 aromatic heterocycles. The summed E-state index contributed by atoms with van der Waals surface area (Å²) >= 11 is 6.32. The van der Waals surface area contributed by atoms with Gasteiger partial charge in [0.25, 0.3) is 5.95 Å². The zero-order valence-electron chi connectivity index (χ0n) is 14.8. The minimum Gasteiger partial charge on any atom is -0.458 e. The maximum absolute atomic E-state index is 6.32. The Morgan fingerprint density at radius 1 is 1.00 bits per heavy atom. The molecule has 0 bridgehead atoms. The van der Waals surface area contributed by atoms with E-state index in [4.69, 9.17) is 16.3 Å². The van der Waals surface area contributed by atoms with E-state index in [9.17, 15) is 0 Å². The molecule has 5 aromatic rings. The molecule has 0 fully saturated rings. The van der Waals surface area contributed by atoms with Gasteiger partial charge in [0.15, 0.2) is 0 Å². The van der Waals surface area contributed by atoms with Crippen LogP contribution in [0.5, 0.6) is 6.01 Å². The van der Waals surface area contributed by atoms with Gasteiger partial charge in [0.1, 0.15) is 12.1 Å². The number of pyridine rings is 1. The van der Waals surface area contributed by atoms with Crippen molar-refractivity contribution in [3.8, 4) is 12.0 Å². The molecule has 0 unspecified atom stereocenters. The van der Waals surface area contributed by atoms with Crippen molar-refractivity contribution in [2.45, 2.75) is 6.61 Å². The summed E-state index contributed by atoms with van der Waals surface area (Å²) < 4.78 is 9.30. The summed E-state index contributed by atoms with van der Waals surface area (Å²) in [6.45, 7) is 0.247. The minimum atomic E-state index is 0.247. The van der Waals surface area contributed by atoms with Gasteiger partial charge in [-0.1, -0.05) is 47.0 Å². The van der Waals surface area contributed by atoms with Crippen LogP contribution in [0.3, 0.4) is 0 Å². The number of aromatic nitrogens is 7. The van der Waals surface area contributed by atoms with Gasteiger partial charge >= 0.3 is 6.01 Å². The fourth-order valence-electron chi connectivity index (χ4n) is 3.08. The SMILES string of the molecule is Cn1nnnc1-n1c(OCc2ccc3ccccc3n2)nc2c(Cl)cccc21.